The summed E-state index contributed by atoms with van der Waals surface area (Å²) in [4.78, 5) is 0. The zero-order valence-corrected chi connectivity index (χ0v) is 12.4. The van der Waals surface area contributed by atoms with Crippen molar-refractivity contribution < 1.29 is 9.47 Å². The van der Waals surface area contributed by atoms with Gasteiger partial charge in [0.05, 0.1) is 6.61 Å². The molecule has 1 heterocycles. The van der Waals surface area contributed by atoms with Gasteiger partial charge in [-0.1, -0.05) is 18.7 Å². The van der Waals surface area contributed by atoms with Gasteiger partial charge in [-0.15, -0.1) is 0 Å². The summed E-state index contributed by atoms with van der Waals surface area (Å²) in [6, 6.07) is 6.17. The Morgan fingerprint density at radius 1 is 1.30 bits per heavy atom. The lowest BCUT2D eigenvalue weighted by Gasteiger charge is -2.17. The van der Waals surface area contributed by atoms with E-state index in [-0.39, 0.29) is 0 Å². The van der Waals surface area contributed by atoms with Crippen LogP contribution in [0.1, 0.15) is 25.8 Å². The second-order valence-electron chi connectivity index (χ2n) is 5.02. The predicted molar refractivity (Wildman–Crippen MR) is 83.4 cm³/mol. The number of hydrogen-bond acceptors (Lipinski definition) is 3. The van der Waals surface area contributed by atoms with Crippen molar-refractivity contribution >= 4 is 5.57 Å². The van der Waals surface area contributed by atoms with Gasteiger partial charge in [0.25, 0.3) is 0 Å². The first-order chi connectivity index (χ1) is 9.70. The van der Waals surface area contributed by atoms with Gasteiger partial charge in [0.2, 0.25) is 0 Å². The van der Waals surface area contributed by atoms with E-state index in [1.54, 1.807) is 0 Å². The average molecular weight is 273 g/mol. The van der Waals surface area contributed by atoms with Crippen molar-refractivity contribution in [1.29, 1.82) is 0 Å². The summed E-state index contributed by atoms with van der Waals surface area (Å²) in [6.45, 7) is 10.9. The lowest BCUT2D eigenvalue weighted by molar-refractivity contribution is 0.293. The first-order valence-corrected chi connectivity index (χ1v) is 7.15. The number of hydrogen-bond donors (Lipinski definition) is 1. The van der Waals surface area contributed by atoms with Crippen molar-refractivity contribution in [1.82, 2.24) is 5.32 Å². The highest BCUT2D eigenvalue weighted by Crippen LogP contribution is 2.32. The topological polar surface area (TPSA) is 30.5 Å². The lowest BCUT2D eigenvalue weighted by atomic mass is 10.00. The van der Waals surface area contributed by atoms with Crippen molar-refractivity contribution in [2.45, 2.75) is 20.3 Å². The van der Waals surface area contributed by atoms with Crippen LogP contribution in [-0.2, 0) is 0 Å². The molecule has 0 aromatic heterocycles. The molecule has 20 heavy (non-hydrogen) atoms. The van der Waals surface area contributed by atoms with Crippen LogP contribution < -0.4 is 14.8 Å². The van der Waals surface area contributed by atoms with Crippen molar-refractivity contribution in [3.63, 3.8) is 0 Å². The minimum Gasteiger partial charge on any atom is -0.490 e. The molecule has 2 rings (SSSR count). The van der Waals surface area contributed by atoms with Crippen LogP contribution in [0, 0.1) is 0 Å². The Hall–Kier alpha value is -1.74. The zero-order valence-electron chi connectivity index (χ0n) is 12.4. The molecule has 3 heteroatoms. The molecule has 0 saturated carbocycles. The number of rotatable bonds is 6. The van der Waals surface area contributed by atoms with Gasteiger partial charge in [0, 0.05) is 6.54 Å². The SMILES string of the molecule is C=C(C)COc1ccc(C2=CCNCC2)cc1OCC. The molecule has 1 aliphatic heterocycles. The maximum Gasteiger partial charge on any atom is 0.161 e. The molecule has 108 valence electrons. The first-order valence-electron chi connectivity index (χ1n) is 7.15. The van der Waals surface area contributed by atoms with Gasteiger partial charge in [0.15, 0.2) is 11.5 Å². The molecule has 0 amide bonds. The molecular formula is C17H23NO2. The van der Waals surface area contributed by atoms with Crippen molar-refractivity contribution in [2.24, 2.45) is 0 Å². The molecule has 0 aliphatic carbocycles. The van der Waals surface area contributed by atoms with Gasteiger partial charge >= 0.3 is 0 Å². The van der Waals surface area contributed by atoms with E-state index < -0.39 is 0 Å². The monoisotopic (exact) mass is 273 g/mol. The van der Waals surface area contributed by atoms with Gasteiger partial charge < -0.3 is 14.8 Å². The Morgan fingerprint density at radius 3 is 2.80 bits per heavy atom. The molecule has 0 bridgehead atoms. The second kappa shape index (κ2) is 7.15. The molecule has 3 nitrogen and oxygen atoms in total. The van der Waals surface area contributed by atoms with E-state index in [4.69, 9.17) is 9.47 Å². The third-order valence-corrected chi connectivity index (χ3v) is 3.15. The largest absolute Gasteiger partial charge is 0.490 e. The quantitative estimate of drug-likeness (QED) is 0.806. The fourth-order valence-corrected chi connectivity index (χ4v) is 2.18. The van der Waals surface area contributed by atoms with E-state index in [1.807, 2.05) is 19.9 Å². The average Bonchev–Trinajstić information content (AvgIpc) is 2.47. The van der Waals surface area contributed by atoms with E-state index in [1.165, 1.54) is 11.1 Å². The summed E-state index contributed by atoms with van der Waals surface area (Å²) in [5, 5.41) is 3.33. The maximum atomic E-state index is 5.74. The summed E-state index contributed by atoms with van der Waals surface area (Å²) >= 11 is 0. The summed E-state index contributed by atoms with van der Waals surface area (Å²) < 4.78 is 11.4. The van der Waals surface area contributed by atoms with Crippen molar-refractivity contribution in [2.75, 3.05) is 26.3 Å². The summed E-state index contributed by atoms with van der Waals surface area (Å²) in [5.41, 5.74) is 3.59. The molecule has 0 atom stereocenters. The van der Waals surface area contributed by atoms with Crippen LogP contribution in [0.2, 0.25) is 0 Å². The van der Waals surface area contributed by atoms with E-state index in [2.05, 4.69) is 30.1 Å². The third-order valence-electron chi connectivity index (χ3n) is 3.15. The van der Waals surface area contributed by atoms with Gasteiger partial charge in [0.1, 0.15) is 6.61 Å². The van der Waals surface area contributed by atoms with Gasteiger partial charge in [-0.25, -0.2) is 0 Å². The van der Waals surface area contributed by atoms with Gasteiger partial charge in [-0.05, 0) is 55.7 Å². The highest BCUT2D eigenvalue weighted by Gasteiger charge is 2.11. The molecule has 0 spiro atoms. The van der Waals surface area contributed by atoms with E-state index in [0.717, 1.165) is 36.6 Å². The minimum atomic E-state index is 0.520. The van der Waals surface area contributed by atoms with Crippen molar-refractivity contribution in [3.05, 3.63) is 42.0 Å². The third kappa shape index (κ3) is 3.87. The first kappa shape index (κ1) is 14.7. The van der Waals surface area contributed by atoms with Crippen LogP contribution in [-0.4, -0.2) is 26.3 Å². The van der Waals surface area contributed by atoms with Crippen LogP contribution in [0.3, 0.4) is 0 Å². The Kier molecular flexibility index (Phi) is 5.24. The van der Waals surface area contributed by atoms with Crippen molar-refractivity contribution in [3.8, 4) is 11.5 Å². The Balaban J connectivity index is 2.21. The number of nitrogens with one attached hydrogen (secondary N) is 1. The zero-order chi connectivity index (χ0) is 14.4. The molecular weight excluding hydrogens is 250 g/mol. The number of benzene rings is 1. The summed E-state index contributed by atoms with van der Waals surface area (Å²) in [7, 11) is 0. The molecule has 0 saturated heterocycles. The lowest BCUT2D eigenvalue weighted by Crippen LogP contribution is -2.20. The molecule has 0 unspecified atom stereocenters. The van der Waals surface area contributed by atoms with E-state index in [9.17, 15) is 0 Å². The number of ether oxygens (including phenoxy) is 2. The molecule has 1 aromatic carbocycles. The highest BCUT2D eigenvalue weighted by molar-refractivity contribution is 5.69. The fourth-order valence-electron chi connectivity index (χ4n) is 2.18. The van der Waals surface area contributed by atoms with Crippen LogP contribution in [0.25, 0.3) is 5.57 Å². The predicted octanol–water partition coefficient (Wildman–Crippen LogP) is 3.42. The molecule has 0 radical (unpaired) electrons. The molecule has 0 fully saturated rings. The van der Waals surface area contributed by atoms with Crippen LogP contribution in [0.5, 0.6) is 11.5 Å². The Bertz CT molecular complexity index is 506. The van der Waals surface area contributed by atoms with Gasteiger partial charge in [-0.2, -0.15) is 0 Å². The molecule has 1 N–H and O–H groups in total. The van der Waals surface area contributed by atoms with Crippen LogP contribution in [0.4, 0.5) is 0 Å². The van der Waals surface area contributed by atoms with E-state index in [0.29, 0.717) is 13.2 Å². The Labute approximate surface area is 121 Å². The minimum absolute atomic E-state index is 0.520. The fraction of sp³-hybridized carbons (Fsp3) is 0.412. The summed E-state index contributed by atoms with van der Waals surface area (Å²) in [5.74, 6) is 1.60. The normalized spacial score (nSPS) is 14.6. The summed E-state index contributed by atoms with van der Waals surface area (Å²) in [6.07, 6.45) is 3.29. The highest BCUT2D eigenvalue weighted by atomic mass is 16.5. The molecule has 1 aliphatic rings. The van der Waals surface area contributed by atoms with Gasteiger partial charge in [-0.3, -0.25) is 0 Å². The molecule has 1 aromatic rings. The van der Waals surface area contributed by atoms with Crippen LogP contribution >= 0.6 is 0 Å². The smallest absolute Gasteiger partial charge is 0.161 e. The standard InChI is InChI=1S/C17H23NO2/c1-4-19-17-11-15(14-7-9-18-10-8-14)5-6-16(17)20-12-13(2)3/h5-7,11,18H,2,4,8-10,12H2,1,3H3. The van der Waals surface area contributed by atoms with Crippen LogP contribution in [0.15, 0.2) is 36.4 Å². The maximum absolute atomic E-state index is 5.74. The Morgan fingerprint density at radius 2 is 2.15 bits per heavy atom. The second-order valence-corrected chi connectivity index (χ2v) is 5.02. The van der Waals surface area contributed by atoms with E-state index >= 15 is 0 Å².